The first-order valence-corrected chi connectivity index (χ1v) is 11.2. The topological polar surface area (TPSA) is 76.4 Å². The molecule has 10 heteroatoms. The van der Waals surface area contributed by atoms with Gasteiger partial charge >= 0.3 is 0 Å². The largest absolute Gasteiger partial charge is 0.492 e. The summed E-state index contributed by atoms with van der Waals surface area (Å²) in [5.74, 6) is 1.11. The van der Waals surface area contributed by atoms with Crippen LogP contribution in [0.15, 0.2) is 36.7 Å². The molecule has 3 heterocycles. The Morgan fingerprint density at radius 1 is 1.16 bits per heavy atom. The van der Waals surface area contributed by atoms with Crippen LogP contribution in [0, 0.1) is 6.92 Å². The molecule has 4 rings (SSSR count). The van der Waals surface area contributed by atoms with Crippen LogP contribution in [-0.2, 0) is 4.79 Å². The molecule has 1 aliphatic heterocycles. The van der Waals surface area contributed by atoms with Crippen molar-refractivity contribution in [3.05, 3.63) is 52.4 Å². The van der Waals surface area contributed by atoms with Crippen molar-refractivity contribution in [3.8, 4) is 17.3 Å². The van der Waals surface area contributed by atoms with Crippen LogP contribution in [0.5, 0.6) is 5.75 Å². The monoisotopic (exact) mass is 474 g/mol. The number of benzene rings is 1. The predicted molar refractivity (Wildman–Crippen MR) is 125 cm³/mol. The fraction of sp³-hybridized carbons (Fsp3) is 0.364. The van der Waals surface area contributed by atoms with E-state index in [9.17, 15) is 4.79 Å². The van der Waals surface area contributed by atoms with Crippen LogP contribution in [0.3, 0.4) is 0 Å². The van der Waals surface area contributed by atoms with E-state index >= 15 is 0 Å². The molecule has 2 aromatic heterocycles. The molecule has 0 radical (unpaired) electrons. The van der Waals surface area contributed by atoms with Crippen molar-refractivity contribution in [1.82, 2.24) is 24.6 Å². The number of hydrogen-bond donors (Lipinski definition) is 0. The highest BCUT2D eigenvalue weighted by atomic mass is 35.5. The normalized spacial score (nSPS) is 15.6. The first kappa shape index (κ1) is 22.5. The van der Waals surface area contributed by atoms with E-state index in [1.54, 1.807) is 23.1 Å². The molecule has 0 bridgehead atoms. The Hall–Kier alpha value is -2.68. The Morgan fingerprint density at radius 3 is 2.53 bits per heavy atom. The van der Waals surface area contributed by atoms with Gasteiger partial charge in [0.15, 0.2) is 18.3 Å². The second kappa shape index (κ2) is 9.85. The van der Waals surface area contributed by atoms with Crippen LogP contribution in [0.2, 0.25) is 10.0 Å². The first-order chi connectivity index (χ1) is 15.5. The Labute approximate surface area is 196 Å². The molecule has 0 aliphatic carbocycles. The van der Waals surface area contributed by atoms with Gasteiger partial charge in [-0.25, -0.2) is 14.6 Å². The van der Waals surface area contributed by atoms with Crippen molar-refractivity contribution in [2.24, 2.45) is 0 Å². The van der Waals surface area contributed by atoms with E-state index in [1.165, 1.54) is 0 Å². The highest BCUT2D eigenvalue weighted by Gasteiger charge is 2.30. The van der Waals surface area contributed by atoms with E-state index in [0.717, 1.165) is 25.1 Å². The van der Waals surface area contributed by atoms with Crippen LogP contribution >= 0.6 is 23.2 Å². The van der Waals surface area contributed by atoms with Gasteiger partial charge in [-0.1, -0.05) is 23.2 Å². The summed E-state index contributed by atoms with van der Waals surface area (Å²) < 4.78 is 7.25. The molecule has 168 valence electrons. The maximum absolute atomic E-state index is 12.2. The maximum Gasteiger partial charge on any atom is 0.179 e. The van der Waals surface area contributed by atoms with Gasteiger partial charge in [0.05, 0.1) is 22.3 Å². The van der Waals surface area contributed by atoms with Crippen molar-refractivity contribution < 1.29 is 9.53 Å². The first-order valence-electron chi connectivity index (χ1n) is 10.4. The zero-order valence-electron chi connectivity index (χ0n) is 17.9. The molecule has 1 unspecified atom stereocenters. The molecule has 1 fully saturated rings. The van der Waals surface area contributed by atoms with Crippen molar-refractivity contribution >= 4 is 35.2 Å². The Balaban J connectivity index is 1.54. The van der Waals surface area contributed by atoms with E-state index in [-0.39, 0.29) is 0 Å². The summed E-state index contributed by atoms with van der Waals surface area (Å²) in [5.41, 5.74) is 2.21. The third-order valence-corrected chi connectivity index (χ3v) is 6.20. The molecule has 0 N–H and O–H groups in total. The zero-order valence-corrected chi connectivity index (χ0v) is 19.4. The van der Waals surface area contributed by atoms with Crippen molar-refractivity contribution in [2.45, 2.75) is 20.0 Å². The second-order valence-corrected chi connectivity index (χ2v) is 8.17. The molecule has 3 aromatic rings. The molecule has 0 spiro atoms. The summed E-state index contributed by atoms with van der Waals surface area (Å²) in [6, 6.07) is 7.53. The van der Waals surface area contributed by atoms with E-state index in [0.29, 0.717) is 52.7 Å². The lowest BCUT2D eigenvalue weighted by Crippen LogP contribution is -2.49. The molecular weight excluding hydrogens is 451 g/mol. The van der Waals surface area contributed by atoms with Gasteiger partial charge in [-0.2, -0.15) is 5.10 Å². The molecule has 1 aliphatic rings. The molecule has 1 atom stereocenters. The highest BCUT2D eigenvalue weighted by Crippen LogP contribution is 2.33. The van der Waals surface area contributed by atoms with Gasteiger partial charge in [0.1, 0.15) is 11.4 Å². The van der Waals surface area contributed by atoms with Crippen LogP contribution < -0.4 is 9.64 Å². The molecule has 1 aromatic carbocycles. The minimum atomic E-state index is -0.605. The van der Waals surface area contributed by atoms with E-state index in [4.69, 9.17) is 27.9 Å². The predicted octanol–water partition coefficient (Wildman–Crippen LogP) is 3.87. The zero-order chi connectivity index (χ0) is 22.7. The van der Waals surface area contributed by atoms with E-state index in [2.05, 4.69) is 24.9 Å². The third kappa shape index (κ3) is 4.44. The van der Waals surface area contributed by atoms with Crippen LogP contribution in [0.4, 0.5) is 5.69 Å². The average molecular weight is 475 g/mol. The van der Waals surface area contributed by atoms with Gasteiger partial charge in [0.25, 0.3) is 0 Å². The summed E-state index contributed by atoms with van der Waals surface area (Å²) in [6.07, 6.45) is 3.57. The summed E-state index contributed by atoms with van der Waals surface area (Å²) in [4.78, 5) is 25.1. The quantitative estimate of drug-likeness (QED) is 0.480. The van der Waals surface area contributed by atoms with Gasteiger partial charge < -0.3 is 9.64 Å². The number of hydrogen-bond acceptors (Lipinski definition) is 7. The minimum absolute atomic E-state index is 0.438. The third-order valence-electron chi connectivity index (χ3n) is 5.43. The van der Waals surface area contributed by atoms with Gasteiger partial charge in [0, 0.05) is 50.3 Å². The van der Waals surface area contributed by atoms with Gasteiger partial charge in [-0.05, 0) is 32.0 Å². The lowest BCUT2D eigenvalue weighted by Gasteiger charge is -2.38. The summed E-state index contributed by atoms with van der Waals surface area (Å²) in [5, 5.41) is 5.58. The SMILES string of the molecule is CCOc1cc(N2CCN(C(C=O)n3nc(C)c(Cl)c3-c3ncccn3)CC2)ccc1Cl. The number of carbonyl (C=O) groups is 1. The smallest absolute Gasteiger partial charge is 0.179 e. The molecular formula is C22H24Cl2N6O2. The van der Waals surface area contributed by atoms with Crippen LogP contribution in [-0.4, -0.2) is 63.7 Å². The second-order valence-electron chi connectivity index (χ2n) is 7.39. The molecule has 1 saturated heterocycles. The minimum Gasteiger partial charge on any atom is -0.492 e. The van der Waals surface area contributed by atoms with Crippen molar-refractivity contribution in [3.63, 3.8) is 0 Å². The van der Waals surface area contributed by atoms with Gasteiger partial charge in [-0.3, -0.25) is 9.69 Å². The standard InChI is InChI=1S/C22H24Cl2N6O2/c1-3-32-18-13-16(5-6-17(18)23)28-9-11-29(12-10-28)19(14-31)30-21(20(24)15(2)27-30)22-25-7-4-8-26-22/h4-8,13-14,19H,3,9-12H2,1-2H3. The fourth-order valence-electron chi connectivity index (χ4n) is 3.84. The van der Waals surface area contributed by atoms with Gasteiger partial charge in [0.2, 0.25) is 0 Å². The highest BCUT2D eigenvalue weighted by molar-refractivity contribution is 6.33. The number of nitrogens with zero attached hydrogens (tertiary/aromatic N) is 6. The number of anilines is 1. The van der Waals surface area contributed by atoms with E-state index < -0.39 is 6.17 Å². The number of aromatic nitrogens is 4. The Bertz CT molecular complexity index is 1080. The van der Waals surface area contributed by atoms with Gasteiger partial charge in [-0.15, -0.1) is 0 Å². The number of rotatable bonds is 7. The van der Waals surface area contributed by atoms with Crippen molar-refractivity contribution in [1.29, 1.82) is 0 Å². The fourth-order valence-corrected chi connectivity index (χ4v) is 4.22. The Morgan fingerprint density at radius 2 is 1.88 bits per heavy atom. The molecule has 0 saturated carbocycles. The molecule has 8 nitrogen and oxygen atoms in total. The maximum atomic E-state index is 12.2. The number of aryl methyl sites for hydroxylation is 1. The lowest BCUT2D eigenvalue weighted by molar-refractivity contribution is -0.115. The summed E-state index contributed by atoms with van der Waals surface area (Å²) in [7, 11) is 0. The number of piperazine rings is 1. The summed E-state index contributed by atoms with van der Waals surface area (Å²) >= 11 is 12.7. The number of halogens is 2. The number of ether oxygens (including phenoxy) is 1. The lowest BCUT2D eigenvalue weighted by atomic mass is 10.2. The van der Waals surface area contributed by atoms with Crippen molar-refractivity contribution in [2.75, 3.05) is 37.7 Å². The summed E-state index contributed by atoms with van der Waals surface area (Å²) in [6.45, 7) is 7.10. The Kier molecular flexibility index (Phi) is 6.93. The van der Waals surface area contributed by atoms with E-state index in [1.807, 2.05) is 32.0 Å². The molecule has 32 heavy (non-hydrogen) atoms. The average Bonchev–Trinajstić information content (AvgIpc) is 3.11. The molecule has 0 amide bonds. The van der Waals surface area contributed by atoms with Crippen LogP contribution in [0.1, 0.15) is 18.8 Å². The number of aldehydes is 1. The number of carbonyl (C=O) groups excluding carboxylic acids is 1. The van der Waals surface area contributed by atoms with Crippen LogP contribution in [0.25, 0.3) is 11.5 Å².